The molecule has 2 aromatic heterocycles. The van der Waals surface area contributed by atoms with Crippen LogP contribution in [-0.2, 0) is 11.2 Å². The van der Waals surface area contributed by atoms with Crippen molar-refractivity contribution in [2.24, 2.45) is 0 Å². The van der Waals surface area contributed by atoms with Crippen LogP contribution in [0, 0.1) is 13.8 Å². The highest BCUT2D eigenvalue weighted by Gasteiger charge is 2.15. The number of nitrogens with zero attached hydrogens (tertiary/aromatic N) is 2. The Balaban J connectivity index is 1.41. The van der Waals surface area contributed by atoms with Gasteiger partial charge in [-0.1, -0.05) is 0 Å². The lowest BCUT2D eigenvalue weighted by Gasteiger charge is -2.12. The van der Waals surface area contributed by atoms with E-state index in [2.05, 4.69) is 20.7 Å². The summed E-state index contributed by atoms with van der Waals surface area (Å²) in [4.78, 5) is 41.1. The molecule has 33 heavy (non-hydrogen) atoms. The Hall–Kier alpha value is -4.40. The van der Waals surface area contributed by atoms with Crippen LogP contribution in [0.4, 0.5) is 11.4 Å². The van der Waals surface area contributed by atoms with E-state index < -0.39 is 0 Å². The van der Waals surface area contributed by atoms with E-state index in [0.717, 1.165) is 11.3 Å². The molecule has 0 bridgehead atoms. The third-order valence-electron chi connectivity index (χ3n) is 5.32. The number of carbonyl (C=O) groups is 2. The number of amides is 2. The van der Waals surface area contributed by atoms with Gasteiger partial charge in [0.05, 0.1) is 13.5 Å². The minimum atomic E-state index is -0.260. The van der Waals surface area contributed by atoms with Crippen molar-refractivity contribution in [3.8, 4) is 5.75 Å². The van der Waals surface area contributed by atoms with Gasteiger partial charge in [0.2, 0.25) is 5.91 Å². The van der Waals surface area contributed by atoms with Gasteiger partial charge in [-0.25, -0.2) is 9.50 Å². The maximum atomic E-state index is 12.6. The summed E-state index contributed by atoms with van der Waals surface area (Å²) in [5, 5.41) is 8.33. The summed E-state index contributed by atoms with van der Waals surface area (Å²) < 4.78 is 6.69. The predicted molar refractivity (Wildman–Crippen MR) is 125 cm³/mol. The number of aromatic nitrogens is 3. The third kappa shape index (κ3) is 4.77. The molecule has 0 fully saturated rings. The van der Waals surface area contributed by atoms with Gasteiger partial charge in [-0.3, -0.25) is 19.5 Å². The molecule has 4 aromatic rings. The van der Waals surface area contributed by atoms with Crippen molar-refractivity contribution in [1.82, 2.24) is 14.6 Å². The number of aromatic amines is 1. The van der Waals surface area contributed by atoms with E-state index in [-0.39, 0.29) is 23.8 Å². The van der Waals surface area contributed by atoms with E-state index >= 15 is 0 Å². The number of benzene rings is 2. The minimum Gasteiger partial charge on any atom is -0.497 e. The molecular weight excluding hydrogens is 422 g/mol. The Morgan fingerprint density at radius 2 is 1.64 bits per heavy atom. The molecule has 2 amide bonds. The molecule has 0 aliphatic carbocycles. The largest absolute Gasteiger partial charge is 0.497 e. The quantitative estimate of drug-likeness (QED) is 0.422. The van der Waals surface area contributed by atoms with Crippen molar-refractivity contribution in [3.05, 3.63) is 87.5 Å². The number of aryl methyl sites for hydroxylation is 2. The third-order valence-corrected chi connectivity index (χ3v) is 5.32. The predicted octanol–water partition coefficient (Wildman–Crippen LogP) is 3.08. The number of nitrogens with one attached hydrogen (secondary N) is 3. The van der Waals surface area contributed by atoms with Crippen LogP contribution >= 0.6 is 0 Å². The Kier molecular flexibility index (Phi) is 5.95. The van der Waals surface area contributed by atoms with Crippen LogP contribution in [0.15, 0.2) is 59.4 Å². The lowest BCUT2D eigenvalue weighted by molar-refractivity contribution is -0.115. The molecule has 0 unspecified atom stereocenters. The molecule has 0 spiro atoms. The molecule has 0 aliphatic rings. The first-order valence-electron chi connectivity index (χ1n) is 10.3. The topological polar surface area (TPSA) is 118 Å². The molecule has 2 aromatic carbocycles. The Morgan fingerprint density at radius 1 is 1.00 bits per heavy atom. The first kappa shape index (κ1) is 21.8. The summed E-state index contributed by atoms with van der Waals surface area (Å²) in [6, 6.07) is 15.1. The highest BCUT2D eigenvalue weighted by atomic mass is 16.5. The van der Waals surface area contributed by atoms with E-state index in [1.54, 1.807) is 60.2 Å². The summed E-state index contributed by atoms with van der Waals surface area (Å²) in [5.74, 6) is 0.215. The average Bonchev–Trinajstić information content (AvgIpc) is 3.17. The van der Waals surface area contributed by atoms with Crippen molar-refractivity contribution in [2.75, 3.05) is 17.7 Å². The average molecular weight is 445 g/mol. The number of hydrogen-bond donors (Lipinski definition) is 3. The molecule has 9 heteroatoms. The molecule has 4 rings (SSSR count). The van der Waals surface area contributed by atoms with E-state index in [4.69, 9.17) is 4.74 Å². The second-order valence-corrected chi connectivity index (χ2v) is 7.56. The van der Waals surface area contributed by atoms with Crippen LogP contribution in [0.5, 0.6) is 5.75 Å². The smallest absolute Gasteiger partial charge is 0.266 e. The molecule has 168 valence electrons. The number of carbonyl (C=O) groups excluding carboxylic acids is 2. The molecule has 0 atom stereocenters. The van der Waals surface area contributed by atoms with Gasteiger partial charge in [0, 0.05) is 40.0 Å². The van der Waals surface area contributed by atoms with Crippen molar-refractivity contribution in [1.29, 1.82) is 0 Å². The summed E-state index contributed by atoms with van der Waals surface area (Å²) >= 11 is 0. The second-order valence-electron chi connectivity index (χ2n) is 7.56. The van der Waals surface area contributed by atoms with E-state index in [9.17, 15) is 14.4 Å². The molecule has 0 radical (unpaired) electrons. The molecule has 9 nitrogen and oxygen atoms in total. The van der Waals surface area contributed by atoms with Crippen LogP contribution in [0.1, 0.15) is 27.3 Å². The van der Waals surface area contributed by atoms with Crippen LogP contribution in [0.3, 0.4) is 0 Å². The number of methoxy groups -OCH3 is 1. The van der Waals surface area contributed by atoms with Crippen molar-refractivity contribution in [2.45, 2.75) is 20.3 Å². The van der Waals surface area contributed by atoms with Crippen LogP contribution in [0.25, 0.3) is 5.65 Å². The van der Waals surface area contributed by atoms with Crippen LogP contribution in [0.2, 0.25) is 0 Å². The molecular formula is C24H23N5O4. The zero-order chi connectivity index (χ0) is 23.5. The Labute approximate surface area is 189 Å². The lowest BCUT2D eigenvalue weighted by Crippen LogP contribution is -2.18. The van der Waals surface area contributed by atoms with Gasteiger partial charge in [-0.15, -0.1) is 0 Å². The summed E-state index contributed by atoms with van der Waals surface area (Å²) in [7, 11) is 1.58. The van der Waals surface area contributed by atoms with Gasteiger partial charge in [0.15, 0.2) is 5.65 Å². The lowest BCUT2D eigenvalue weighted by atomic mass is 10.1. The summed E-state index contributed by atoms with van der Waals surface area (Å²) in [6.07, 6.45) is 0.0977. The molecule has 0 saturated carbocycles. The standard InChI is InChI=1S/C24H23N5O4/c1-14-20(15(2)29-21(25-14)13-23(31)28-29)12-22(30)26-17-6-4-16(5-7-17)24(32)27-18-8-10-19(33-3)11-9-18/h4-11,13H,12H2,1-3H3,(H,26,30)(H,27,32)(H,28,31). The van der Waals surface area contributed by atoms with Crippen LogP contribution in [-0.4, -0.2) is 33.5 Å². The highest BCUT2D eigenvalue weighted by Crippen LogP contribution is 2.18. The van der Waals surface area contributed by atoms with Gasteiger partial charge in [0.25, 0.3) is 11.5 Å². The zero-order valence-electron chi connectivity index (χ0n) is 18.4. The molecule has 2 heterocycles. The number of hydrogen-bond acceptors (Lipinski definition) is 5. The van der Waals surface area contributed by atoms with E-state index in [0.29, 0.717) is 34.0 Å². The van der Waals surface area contributed by atoms with Gasteiger partial charge in [0.1, 0.15) is 5.75 Å². The summed E-state index contributed by atoms with van der Waals surface area (Å²) in [6.45, 7) is 3.64. The molecule has 0 saturated heterocycles. The fourth-order valence-electron chi connectivity index (χ4n) is 3.56. The van der Waals surface area contributed by atoms with Gasteiger partial charge in [-0.05, 0) is 62.4 Å². The van der Waals surface area contributed by atoms with Crippen molar-refractivity contribution < 1.29 is 14.3 Å². The number of ether oxygens (including phenoxy) is 1. The van der Waals surface area contributed by atoms with Gasteiger partial charge in [-0.2, -0.15) is 0 Å². The van der Waals surface area contributed by atoms with Crippen LogP contribution < -0.4 is 20.9 Å². The van der Waals surface area contributed by atoms with Crippen molar-refractivity contribution >= 4 is 28.8 Å². The first-order chi connectivity index (χ1) is 15.8. The van der Waals surface area contributed by atoms with E-state index in [1.165, 1.54) is 6.07 Å². The zero-order valence-corrected chi connectivity index (χ0v) is 18.4. The summed E-state index contributed by atoms with van der Waals surface area (Å²) in [5.41, 5.74) is 4.13. The maximum absolute atomic E-state index is 12.6. The molecule has 3 N–H and O–H groups in total. The normalized spacial score (nSPS) is 10.8. The second kappa shape index (κ2) is 8.99. The van der Waals surface area contributed by atoms with Crippen molar-refractivity contribution in [3.63, 3.8) is 0 Å². The van der Waals surface area contributed by atoms with E-state index in [1.807, 2.05) is 13.8 Å². The maximum Gasteiger partial charge on any atom is 0.266 e. The minimum absolute atomic E-state index is 0.0977. The number of fused-ring (bicyclic) bond motifs is 1. The van der Waals surface area contributed by atoms with Gasteiger partial charge < -0.3 is 15.4 Å². The fraction of sp³-hybridized carbons (Fsp3) is 0.167. The molecule has 0 aliphatic heterocycles. The SMILES string of the molecule is COc1ccc(NC(=O)c2ccc(NC(=O)Cc3c(C)nc4cc(=O)[nH]n4c3C)cc2)cc1. The number of anilines is 2. The highest BCUT2D eigenvalue weighted by molar-refractivity contribution is 6.04. The first-order valence-corrected chi connectivity index (χ1v) is 10.3. The Bertz CT molecular complexity index is 1390. The number of H-pyrrole nitrogens is 1. The van der Waals surface area contributed by atoms with Gasteiger partial charge >= 0.3 is 0 Å². The Morgan fingerprint density at radius 3 is 2.30 bits per heavy atom. The monoisotopic (exact) mass is 445 g/mol. The fourth-order valence-corrected chi connectivity index (χ4v) is 3.56. The number of rotatable bonds is 6.